The SMILES string of the molecule is CCCCNC(=O)N1CCCN(C)C1c1ccccc1. The van der Waals surface area contributed by atoms with Crippen molar-refractivity contribution < 1.29 is 4.79 Å². The summed E-state index contributed by atoms with van der Waals surface area (Å²) in [6, 6.07) is 10.3. The minimum absolute atomic E-state index is 0.0478. The number of unbranched alkanes of at least 4 members (excludes halogenated alkanes) is 1. The van der Waals surface area contributed by atoms with Crippen LogP contribution < -0.4 is 5.32 Å². The van der Waals surface area contributed by atoms with Gasteiger partial charge in [-0.15, -0.1) is 0 Å². The molecule has 110 valence electrons. The Morgan fingerprint density at radius 3 is 2.75 bits per heavy atom. The highest BCUT2D eigenvalue weighted by atomic mass is 16.2. The highest BCUT2D eigenvalue weighted by molar-refractivity contribution is 5.74. The first-order valence-electron chi connectivity index (χ1n) is 7.53. The van der Waals surface area contributed by atoms with Crippen LogP contribution in [0.15, 0.2) is 30.3 Å². The molecular formula is C16H25N3O. The molecule has 1 saturated heterocycles. The van der Waals surface area contributed by atoms with Gasteiger partial charge >= 0.3 is 6.03 Å². The largest absolute Gasteiger partial charge is 0.338 e. The average molecular weight is 275 g/mol. The van der Waals surface area contributed by atoms with Crippen molar-refractivity contribution in [1.82, 2.24) is 15.1 Å². The summed E-state index contributed by atoms with van der Waals surface area (Å²) in [6.45, 7) is 4.74. The molecule has 0 aromatic heterocycles. The molecule has 20 heavy (non-hydrogen) atoms. The molecule has 2 amide bonds. The van der Waals surface area contributed by atoms with Crippen LogP contribution in [0.25, 0.3) is 0 Å². The second-order valence-electron chi connectivity index (χ2n) is 5.40. The number of urea groups is 1. The van der Waals surface area contributed by atoms with Gasteiger partial charge in [-0.25, -0.2) is 4.79 Å². The van der Waals surface area contributed by atoms with Gasteiger partial charge in [-0.1, -0.05) is 43.7 Å². The first-order valence-corrected chi connectivity index (χ1v) is 7.53. The molecule has 4 nitrogen and oxygen atoms in total. The molecule has 1 atom stereocenters. The quantitative estimate of drug-likeness (QED) is 0.858. The Hall–Kier alpha value is -1.55. The zero-order valence-corrected chi connectivity index (χ0v) is 12.5. The van der Waals surface area contributed by atoms with E-state index in [1.807, 2.05) is 23.1 Å². The van der Waals surface area contributed by atoms with E-state index in [2.05, 4.69) is 36.3 Å². The normalized spacial score (nSPS) is 19.9. The molecule has 1 unspecified atom stereocenters. The third-order valence-electron chi connectivity index (χ3n) is 3.79. The minimum atomic E-state index is 0.0478. The van der Waals surface area contributed by atoms with E-state index in [9.17, 15) is 4.79 Å². The summed E-state index contributed by atoms with van der Waals surface area (Å²) in [7, 11) is 2.09. The number of hydrogen-bond acceptors (Lipinski definition) is 2. The lowest BCUT2D eigenvalue weighted by atomic mass is 10.1. The van der Waals surface area contributed by atoms with Crippen LogP contribution >= 0.6 is 0 Å². The molecule has 1 fully saturated rings. The van der Waals surface area contributed by atoms with Gasteiger partial charge in [-0.3, -0.25) is 4.90 Å². The van der Waals surface area contributed by atoms with Crippen molar-refractivity contribution in [2.75, 3.05) is 26.7 Å². The second kappa shape index (κ2) is 7.29. The number of amides is 2. The van der Waals surface area contributed by atoms with Gasteiger partial charge in [-0.05, 0) is 25.5 Å². The van der Waals surface area contributed by atoms with Crippen molar-refractivity contribution in [3.63, 3.8) is 0 Å². The Morgan fingerprint density at radius 2 is 2.05 bits per heavy atom. The van der Waals surface area contributed by atoms with E-state index in [1.165, 1.54) is 5.56 Å². The monoisotopic (exact) mass is 275 g/mol. The molecule has 1 aromatic carbocycles. The van der Waals surface area contributed by atoms with Crippen molar-refractivity contribution in [2.45, 2.75) is 32.4 Å². The van der Waals surface area contributed by atoms with Crippen molar-refractivity contribution in [3.05, 3.63) is 35.9 Å². The Bertz CT molecular complexity index is 421. The van der Waals surface area contributed by atoms with Gasteiger partial charge in [0.05, 0.1) is 0 Å². The fourth-order valence-corrected chi connectivity index (χ4v) is 2.72. The molecule has 0 radical (unpaired) electrons. The van der Waals surface area contributed by atoms with Crippen LogP contribution in [0.4, 0.5) is 4.79 Å². The number of carbonyl (C=O) groups is 1. The van der Waals surface area contributed by atoms with E-state index in [0.717, 1.165) is 38.9 Å². The van der Waals surface area contributed by atoms with Crippen LogP contribution in [0.1, 0.15) is 37.9 Å². The molecule has 0 spiro atoms. The lowest BCUT2D eigenvalue weighted by Crippen LogP contribution is -2.52. The summed E-state index contributed by atoms with van der Waals surface area (Å²) in [5, 5.41) is 3.03. The Labute approximate surface area is 121 Å². The van der Waals surface area contributed by atoms with E-state index < -0.39 is 0 Å². The van der Waals surface area contributed by atoms with Gasteiger partial charge in [0.2, 0.25) is 0 Å². The number of rotatable bonds is 4. The van der Waals surface area contributed by atoms with Crippen LogP contribution in [-0.2, 0) is 0 Å². The first kappa shape index (κ1) is 14.9. The van der Waals surface area contributed by atoms with Gasteiger partial charge in [-0.2, -0.15) is 0 Å². The Kier molecular flexibility index (Phi) is 5.41. The molecule has 1 heterocycles. The molecule has 1 aliphatic heterocycles. The predicted octanol–water partition coefficient (Wildman–Crippen LogP) is 2.83. The summed E-state index contributed by atoms with van der Waals surface area (Å²) in [5.41, 5.74) is 1.18. The van der Waals surface area contributed by atoms with Gasteiger partial charge in [0, 0.05) is 19.6 Å². The zero-order chi connectivity index (χ0) is 14.4. The number of benzene rings is 1. The molecule has 4 heteroatoms. The molecular weight excluding hydrogens is 250 g/mol. The lowest BCUT2D eigenvalue weighted by Gasteiger charge is -2.42. The number of nitrogens with one attached hydrogen (secondary N) is 1. The standard InChI is InChI=1S/C16H25N3O/c1-3-4-11-17-16(20)19-13-8-12-18(2)15(19)14-9-6-5-7-10-14/h5-7,9-10,15H,3-4,8,11-13H2,1-2H3,(H,17,20). The van der Waals surface area contributed by atoms with E-state index in [-0.39, 0.29) is 12.2 Å². The third kappa shape index (κ3) is 3.51. The van der Waals surface area contributed by atoms with Crippen LogP contribution in [-0.4, -0.2) is 42.5 Å². The van der Waals surface area contributed by atoms with E-state index in [0.29, 0.717) is 0 Å². The topological polar surface area (TPSA) is 35.6 Å². The lowest BCUT2D eigenvalue weighted by molar-refractivity contribution is 0.0477. The molecule has 1 N–H and O–H groups in total. The minimum Gasteiger partial charge on any atom is -0.338 e. The van der Waals surface area contributed by atoms with Crippen molar-refractivity contribution >= 4 is 6.03 Å². The van der Waals surface area contributed by atoms with Crippen LogP contribution in [0.2, 0.25) is 0 Å². The fraction of sp³-hybridized carbons (Fsp3) is 0.562. The number of nitrogens with zero attached hydrogens (tertiary/aromatic N) is 2. The highest BCUT2D eigenvalue weighted by Crippen LogP contribution is 2.27. The zero-order valence-electron chi connectivity index (χ0n) is 12.5. The number of carbonyl (C=O) groups excluding carboxylic acids is 1. The Balaban J connectivity index is 2.10. The average Bonchev–Trinajstić information content (AvgIpc) is 2.48. The molecule has 0 bridgehead atoms. The fourth-order valence-electron chi connectivity index (χ4n) is 2.72. The maximum atomic E-state index is 12.4. The third-order valence-corrected chi connectivity index (χ3v) is 3.79. The molecule has 1 aliphatic rings. The smallest absolute Gasteiger partial charge is 0.318 e. The van der Waals surface area contributed by atoms with Gasteiger partial charge in [0.25, 0.3) is 0 Å². The number of hydrogen-bond donors (Lipinski definition) is 1. The predicted molar refractivity (Wildman–Crippen MR) is 81.4 cm³/mol. The first-order chi connectivity index (χ1) is 9.74. The van der Waals surface area contributed by atoms with E-state index in [1.54, 1.807) is 0 Å². The van der Waals surface area contributed by atoms with Crippen molar-refractivity contribution in [1.29, 1.82) is 0 Å². The molecule has 0 saturated carbocycles. The van der Waals surface area contributed by atoms with Crippen LogP contribution in [0.3, 0.4) is 0 Å². The van der Waals surface area contributed by atoms with E-state index >= 15 is 0 Å². The van der Waals surface area contributed by atoms with Crippen molar-refractivity contribution in [3.8, 4) is 0 Å². The molecule has 0 aliphatic carbocycles. The van der Waals surface area contributed by atoms with E-state index in [4.69, 9.17) is 0 Å². The maximum Gasteiger partial charge on any atom is 0.318 e. The summed E-state index contributed by atoms with van der Waals surface area (Å²) in [4.78, 5) is 16.6. The second-order valence-corrected chi connectivity index (χ2v) is 5.40. The van der Waals surface area contributed by atoms with Gasteiger partial charge in [0.1, 0.15) is 6.17 Å². The summed E-state index contributed by atoms with van der Waals surface area (Å²) in [5.74, 6) is 0. The van der Waals surface area contributed by atoms with Crippen LogP contribution in [0, 0.1) is 0 Å². The summed E-state index contributed by atoms with van der Waals surface area (Å²) >= 11 is 0. The van der Waals surface area contributed by atoms with Gasteiger partial charge < -0.3 is 10.2 Å². The van der Waals surface area contributed by atoms with Gasteiger partial charge in [0.15, 0.2) is 0 Å². The summed E-state index contributed by atoms with van der Waals surface area (Å²) in [6.07, 6.45) is 3.21. The summed E-state index contributed by atoms with van der Waals surface area (Å²) < 4.78 is 0. The Morgan fingerprint density at radius 1 is 1.30 bits per heavy atom. The van der Waals surface area contributed by atoms with Crippen molar-refractivity contribution in [2.24, 2.45) is 0 Å². The highest BCUT2D eigenvalue weighted by Gasteiger charge is 2.31. The van der Waals surface area contributed by atoms with Crippen LogP contribution in [0.5, 0.6) is 0 Å². The molecule has 2 rings (SSSR count). The molecule has 1 aromatic rings. The maximum absolute atomic E-state index is 12.4.